The first-order valence-electron chi connectivity index (χ1n) is 6.57. The quantitative estimate of drug-likeness (QED) is 0.423. The van der Waals surface area contributed by atoms with E-state index >= 15 is 0 Å². The topological polar surface area (TPSA) is 61.8 Å². The van der Waals surface area contributed by atoms with Gasteiger partial charge in [-0.05, 0) is 48.5 Å². The van der Waals surface area contributed by atoms with Gasteiger partial charge in [-0.15, -0.1) is 0 Å². The Labute approximate surface area is 122 Å². The number of carbonyl (C=O) groups excluding carboxylic acids is 1. The van der Waals surface area contributed by atoms with E-state index in [1.807, 2.05) is 0 Å². The van der Waals surface area contributed by atoms with Crippen molar-refractivity contribution in [3.63, 3.8) is 0 Å². The van der Waals surface area contributed by atoms with Crippen LogP contribution in [0.25, 0.3) is 0 Å². The maximum Gasteiger partial charge on any atom is 0.335 e. The van der Waals surface area contributed by atoms with Gasteiger partial charge in [0.15, 0.2) is 0 Å². The molecule has 0 amide bonds. The van der Waals surface area contributed by atoms with E-state index in [4.69, 9.17) is 13.8 Å². The van der Waals surface area contributed by atoms with Crippen molar-refractivity contribution in [3.05, 3.63) is 12.2 Å². The van der Waals surface area contributed by atoms with Crippen molar-refractivity contribution >= 4 is 13.6 Å². The normalized spacial score (nSPS) is 13.2. The van der Waals surface area contributed by atoms with Crippen molar-refractivity contribution in [2.45, 2.75) is 59.7 Å². The lowest BCUT2D eigenvalue weighted by molar-refractivity contribution is -0.138. The van der Waals surface area contributed by atoms with E-state index in [0.29, 0.717) is 5.57 Å². The van der Waals surface area contributed by atoms with Crippen LogP contribution in [0, 0.1) is 0 Å². The summed E-state index contributed by atoms with van der Waals surface area (Å²) in [6.07, 6.45) is 0.0144. The Morgan fingerprint density at radius 1 is 1.05 bits per heavy atom. The Balaban J connectivity index is 4.75. The van der Waals surface area contributed by atoms with Crippen molar-refractivity contribution < 1.29 is 23.1 Å². The summed E-state index contributed by atoms with van der Waals surface area (Å²) in [5, 5.41) is 0. The Bertz CT molecular complexity index is 381. The first kappa shape index (κ1) is 19.4. The molecule has 0 rings (SSSR count). The molecule has 0 aliphatic carbocycles. The molecular formula is C14H27O5P. The molecule has 0 aromatic carbocycles. The molecule has 0 N–H and O–H groups in total. The van der Waals surface area contributed by atoms with Gasteiger partial charge in [-0.25, -0.2) is 4.79 Å². The molecule has 0 aromatic rings. The zero-order valence-electron chi connectivity index (χ0n) is 13.6. The van der Waals surface area contributed by atoms with Crippen LogP contribution >= 0.6 is 7.60 Å². The van der Waals surface area contributed by atoms with Crippen LogP contribution in [0.15, 0.2) is 12.2 Å². The molecule has 0 spiro atoms. The maximum atomic E-state index is 12.7. The molecular weight excluding hydrogens is 279 g/mol. The Hall–Kier alpha value is -0.640. The van der Waals surface area contributed by atoms with Gasteiger partial charge in [0.05, 0.1) is 17.4 Å². The third-order valence-electron chi connectivity index (χ3n) is 1.77. The molecule has 0 heterocycles. The molecule has 0 saturated carbocycles. The first-order chi connectivity index (χ1) is 8.74. The summed E-state index contributed by atoms with van der Waals surface area (Å²) >= 11 is 0. The van der Waals surface area contributed by atoms with Crippen molar-refractivity contribution in [1.29, 1.82) is 0 Å². The molecule has 0 radical (unpaired) electrons. The highest BCUT2D eigenvalue weighted by molar-refractivity contribution is 7.53. The zero-order chi connectivity index (χ0) is 16.2. The summed E-state index contributed by atoms with van der Waals surface area (Å²) in [6.45, 7) is 15.8. The molecule has 6 heteroatoms. The molecule has 0 bridgehead atoms. The van der Waals surface area contributed by atoms with Gasteiger partial charge in [0.25, 0.3) is 0 Å². The lowest BCUT2D eigenvalue weighted by Gasteiger charge is -2.31. The second-order valence-electron chi connectivity index (χ2n) is 6.66. The number of rotatable bonds is 6. The van der Waals surface area contributed by atoms with Gasteiger partial charge in [0, 0.05) is 5.57 Å². The van der Waals surface area contributed by atoms with Crippen LogP contribution in [-0.4, -0.2) is 29.9 Å². The summed E-state index contributed by atoms with van der Waals surface area (Å²) in [6, 6.07) is 0. The number of esters is 1. The zero-order valence-corrected chi connectivity index (χ0v) is 14.5. The van der Waals surface area contributed by atoms with Crippen molar-refractivity contribution in [2.24, 2.45) is 0 Å². The van der Waals surface area contributed by atoms with E-state index < -0.39 is 24.8 Å². The second-order valence-corrected chi connectivity index (χ2v) is 8.69. The smallest absolute Gasteiger partial charge is 0.335 e. The van der Waals surface area contributed by atoms with Gasteiger partial charge in [-0.2, -0.15) is 0 Å². The predicted molar refractivity (Wildman–Crippen MR) is 79.9 cm³/mol. The van der Waals surface area contributed by atoms with Gasteiger partial charge in [-0.3, -0.25) is 4.57 Å². The van der Waals surface area contributed by atoms with Gasteiger partial charge < -0.3 is 13.8 Å². The molecule has 0 aliphatic rings. The van der Waals surface area contributed by atoms with Crippen LogP contribution < -0.4 is 0 Å². The number of hydrogen-bond acceptors (Lipinski definition) is 5. The Morgan fingerprint density at radius 3 is 1.75 bits per heavy atom. The largest absolute Gasteiger partial charge is 0.462 e. The third kappa shape index (κ3) is 9.29. The van der Waals surface area contributed by atoms with Crippen molar-refractivity contribution in [1.82, 2.24) is 0 Å². The highest BCUT2D eigenvalue weighted by Crippen LogP contribution is 2.54. The molecule has 0 atom stereocenters. The number of hydrogen-bond donors (Lipinski definition) is 0. The maximum absolute atomic E-state index is 12.7. The van der Waals surface area contributed by atoms with E-state index in [1.54, 1.807) is 48.5 Å². The lowest BCUT2D eigenvalue weighted by Crippen LogP contribution is -2.26. The highest BCUT2D eigenvalue weighted by atomic mass is 31.2. The van der Waals surface area contributed by atoms with Crippen molar-refractivity contribution in [2.75, 3.05) is 12.8 Å². The average molecular weight is 306 g/mol. The fraction of sp³-hybridized carbons (Fsp3) is 0.786. The summed E-state index contributed by atoms with van der Waals surface area (Å²) in [5.41, 5.74) is -0.925. The monoisotopic (exact) mass is 306 g/mol. The van der Waals surface area contributed by atoms with Crippen LogP contribution in [0.5, 0.6) is 0 Å². The lowest BCUT2D eigenvalue weighted by atomic mass is 10.2. The average Bonchev–Trinajstić information content (AvgIpc) is 2.10. The SMILES string of the molecule is C=C(C)C(=O)OCCP(=O)(OC(C)(C)C)OC(C)(C)C. The Morgan fingerprint density at radius 2 is 1.45 bits per heavy atom. The summed E-state index contributed by atoms with van der Waals surface area (Å²) in [7, 11) is -3.36. The molecule has 5 nitrogen and oxygen atoms in total. The molecule has 0 aromatic heterocycles. The van der Waals surface area contributed by atoms with E-state index in [0.717, 1.165) is 0 Å². The highest BCUT2D eigenvalue weighted by Gasteiger charge is 2.35. The van der Waals surface area contributed by atoms with E-state index in [2.05, 4.69) is 6.58 Å². The fourth-order valence-electron chi connectivity index (χ4n) is 1.32. The minimum Gasteiger partial charge on any atom is -0.462 e. The Kier molecular flexibility index (Phi) is 6.66. The molecule has 0 unspecified atom stereocenters. The second kappa shape index (κ2) is 6.88. The van der Waals surface area contributed by atoms with Gasteiger partial charge in [0.2, 0.25) is 0 Å². The van der Waals surface area contributed by atoms with Crippen molar-refractivity contribution in [3.8, 4) is 0 Å². The van der Waals surface area contributed by atoms with E-state index in [1.165, 1.54) is 0 Å². The first-order valence-corrected chi connectivity index (χ1v) is 8.30. The minimum absolute atomic E-state index is 0.0144. The predicted octanol–water partition coefficient (Wildman–Crippen LogP) is 3.93. The van der Waals surface area contributed by atoms with Crippen LogP contribution in [0.3, 0.4) is 0 Å². The van der Waals surface area contributed by atoms with Gasteiger partial charge >= 0.3 is 13.6 Å². The van der Waals surface area contributed by atoms with E-state index in [-0.39, 0.29) is 12.8 Å². The third-order valence-corrected chi connectivity index (χ3v) is 4.15. The summed E-state index contributed by atoms with van der Waals surface area (Å²) in [4.78, 5) is 11.3. The summed E-state index contributed by atoms with van der Waals surface area (Å²) < 4.78 is 28.8. The molecule has 20 heavy (non-hydrogen) atoms. The molecule has 0 saturated heterocycles. The number of ether oxygens (including phenoxy) is 1. The summed E-state index contributed by atoms with van der Waals surface area (Å²) in [5.74, 6) is -0.511. The standard InChI is InChI=1S/C14H27O5P/c1-11(2)12(15)17-9-10-20(16,18-13(3,4)5)19-14(6,7)8/h1,9-10H2,2-8H3. The van der Waals surface area contributed by atoms with Crippen LogP contribution in [0.1, 0.15) is 48.5 Å². The van der Waals surface area contributed by atoms with Crippen LogP contribution in [0.2, 0.25) is 0 Å². The van der Waals surface area contributed by atoms with Gasteiger partial charge in [-0.1, -0.05) is 6.58 Å². The molecule has 0 fully saturated rings. The number of carbonyl (C=O) groups is 1. The molecule has 118 valence electrons. The van der Waals surface area contributed by atoms with E-state index in [9.17, 15) is 9.36 Å². The van der Waals surface area contributed by atoms with Gasteiger partial charge in [0.1, 0.15) is 6.61 Å². The fourth-order valence-corrected chi connectivity index (χ4v) is 3.52. The molecule has 0 aliphatic heterocycles. The van der Waals surface area contributed by atoms with Crippen LogP contribution in [-0.2, 0) is 23.1 Å². The van der Waals surface area contributed by atoms with Crippen LogP contribution in [0.4, 0.5) is 0 Å². The minimum atomic E-state index is -3.36.